The summed E-state index contributed by atoms with van der Waals surface area (Å²) in [6.45, 7) is 0. The van der Waals surface area contributed by atoms with Gasteiger partial charge in [0.2, 0.25) is 0 Å². The maximum atomic E-state index is 3.95. The van der Waals surface area contributed by atoms with E-state index in [-0.39, 0.29) is 24.8 Å². The minimum Gasteiger partial charge on any atom is -0.278 e. The standard InChI is InChI=1S/C9H8N2.2ClH/c1-2-6-9-8(4-1)5-3-7-10-11-9;;/h1-7,11H;2*1H. The van der Waals surface area contributed by atoms with E-state index < -0.39 is 0 Å². The van der Waals surface area contributed by atoms with Crippen LogP contribution in [0.3, 0.4) is 0 Å². The molecule has 1 heterocycles. The molecule has 0 aliphatic carbocycles. The summed E-state index contributed by atoms with van der Waals surface area (Å²) >= 11 is 0. The van der Waals surface area contributed by atoms with Crippen LogP contribution in [0.2, 0.25) is 0 Å². The summed E-state index contributed by atoms with van der Waals surface area (Å²) in [5.74, 6) is 0. The van der Waals surface area contributed by atoms with Gasteiger partial charge in [0.25, 0.3) is 0 Å². The Kier molecular flexibility index (Phi) is 5.19. The highest BCUT2D eigenvalue weighted by Gasteiger charge is 1.96. The zero-order chi connectivity index (χ0) is 7.52. The Morgan fingerprint density at radius 2 is 1.85 bits per heavy atom. The molecule has 70 valence electrons. The van der Waals surface area contributed by atoms with Gasteiger partial charge in [-0.15, -0.1) is 24.8 Å². The fraction of sp³-hybridized carbons (Fsp3) is 0. The maximum Gasteiger partial charge on any atom is 0.0634 e. The van der Waals surface area contributed by atoms with Crippen molar-refractivity contribution in [3.05, 3.63) is 35.9 Å². The summed E-state index contributed by atoms with van der Waals surface area (Å²) < 4.78 is 0. The van der Waals surface area contributed by atoms with Crippen LogP contribution in [0.25, 0.3) is 6.08 Å². The van der Waals surface area contributed by atoms with Gasteiger partial charge in [0.1, 0.15) is 0 Å². The number of hydrogen-bond donors (Lipinski definition) is 1. The molecule has 0 aromatic heterocycles. The van der Waals surface area contributed by atoms with Gasteiger partial charge in [-0.1, -0.05) is 24.3 Å². The lowest BCUT2D eigenvalue weighted by atomic mass is 10.2. The summed E-state index contributed by atoms with van der Waals surface area (Å²) in [7, 11) is 0. The second-order valence-corrected chi connectivity index (χ2v) is 2.34. The van der Waals surface area contributed by atoms with Crippen molar-refractivity contribution in [3.63, 3.8) is 0 Å². The van der Waals surface area contributed by atoms with Gasteiger partial charge >= 0.3 is 0 Å². The molecule has 1 aromatic rings. The monoisotopic (exact) mass is 216 g/mol. The molecule has 0 radical (unpaired) electrons. The molecule has 0 fully saturated rings. The Morgan fingerprint density at radius 1 is 1.08 bits per heavy atom. The van der Waals surface area contributed by atoms with Crippen molar-refractivity contribution >= 4 is 42.8 Å². The van der Waals surface area contributed by atoms with E-state index in [1.807, 2.05) is 36.4 Å². The second-order valence-electron chi connectivity index (χ2n) is 2.34. The number of benzene rings is 1. The highest BCUT2D eigenvalue weighted by atomic mass is 35.5. The zero-order valence-corrected chi connectivity index (χ0v) is 8.44. The first-order chi connectivity index (χ1) is 5.47. The molecule has 13 heavy (non-hydrogen) atoms. The Balaban J connectivity index is 0.000000720. The Hall–Kier alpha value is -0.990. The number of rotatable bonds is 0. The predicted octanol–water partition coefficient (Wildman–Crippen LogP) is 2.95. The molecule has 4 heteroatoms. The number of nitrogens with zero attached hydrogens (tertiary/aromatic N) is 1. The van der Waals surface area contributed by atoms with Gasteiger partial charge in [0.05, 0.1) is 5.69 Å². The number of anilines is 1. The fourth-order valence-corrected chi connectivity index (χ4v) is 1.04. The van der Waals surface area contributed by atoms with E-state index in [0.29, 0.717) is 0 Å². The summed E-state index contributed by atoms with van der Waals surface area (Å²) in [4.78, 5) is 0. The lowest BCUT2D eigenvalue weighted by Crippen LogP contribution is -1.87. The fourth-order valence-electron chi connectivity index (χ4n) is 1.04. The Bertz CT molecular complexity index is 321. The average molecular weight is 217 g/mol. The largest absolute Gasteiger partial charge is 0.278 e. The smallest absolute Gasteiger partial charge is 0.0634 e. The van der Waals surface area contributed by atoms with Gasteiger partial charge in [-0.25, -0.2) is 0 Å². The van der Waals surface area contributed by atoms with Crippen molar-refractivity contribution in [1.29, 1.82) is 0 Å². The highest BCUT2D eigenvalue weighted by molar-refractivity contribution is 5.85. The molecule has 1 aliphatic heterocycles. The van der Waals surface area contributed by atoms with Gasteiger partial charge in [0.15, 0.2) is 0 Å². The van der Waals surface area contributed by atoms with Gasteiger partial charge in [-0.2, -0.15) is 5.10 Å². The lowest BCUT2D eigenvalue weighted by Gasteiger charge is -2.00. The molecule has 0 amide bonds. The summed E-state index contributed by atoms with van der Waals surface area (Å²) in [5.41, 5.74) is 5.16. The van der Waals surface area contributed by atoms with E-state index in [1.165, 1.54) is 5.56 Å². The molecule has 1 aromatic carbocycles. The molecule has 2 rings (SSSR count). The quantitative estimate of drug-likeness (QED) is 0.709. The van der Waals surface area contributed by atoms with Gasteiger partial charge < -0.3 is 0 Å². The summed E-state index contributed by atoms with van der Waals surface area (Å²) in [5, 5.41) is 3.95. The van der Waals surface area contributed by atoms with Crippen LogP contribution in [-0.2, 0) is 0 Å². The van der Waals surface area contributed by atoms with Crippen LogP contribution >= 0.6 is 24.8 Å². The van der Waals surface area contributed by atoms with Crippen molar-refractivity contribution in [3.8, 4) is 0 Å². The number of hydrogen-bond acceptors (Lipinski definition) is 2. The van der Waals surface area contributed by atoms with Crippen molar-refractivity contribution in [2.24, 2.45) is 5.10 Å². The highest BCUT2D eigenvalue weighted by Crippen LogP contribution is 2.17. The number of halogens is 2. The maximum absolute atomic E-state index is 3.95. The second kappa shape index (κ2) is 5.62. The summed E-state index contributed by atoms with van der Waals surface area (Å²) in [6, 6.07) is 8.05. The lowest BCUT2D eigenvalue weighted by molar-refractivity contribution is 1.36. The molecule has 1 aliphatic rings. The van der Waals surface area contributed by atoms with Crippen molar-refractivity contribution < 1.29 is 0 Å². The number of para-hydroxylation sites is 1. The van der Waals surface area contributed by atoms with E-state index in [0.717, 1.165) is 5.69 Å². The van der Waals surface area contributed by atoms with Crippen LogP contribution in [0.15, 0.2) is 35.4 Å². The average Bonchev–Trinajstić information content (AvgIpc) is 2.28. The van der Waals surface area contributed by atoms with Gasteiger partial charge in [0, 0.05) is 6.21 Å². The zero-order valence-electron chi connectivity index (χ0n) is 6.81. The van der Waals surface area contributed by atoms with Crippen LogP contribution in [-0.4, -0.2) is 6.21 Å². The normalized spacial score (nSPS) is 11.4. The van der Waals surface area contributed by atoms with Crippen molar-refractivity contribution in [2.75, 3.05) is 5.43 Å². The Morgan fingerprint density at radius 3 is 2.69 bits per heavy atom. The van der Waals surface area contributed by atoms with E-state index in [9.17, 15) is 0 Å². The molecular formula is C9H10Cl2N2. The van der Waals surface area contributed by atoms with E-state index in [4.69, 9.17) is 0 Å². The molecule has 0 spiro atoms. The van der Waals surface area contributed by atoms with Crippen molar-refractivity contribution in [2.45, 2.75) is 0 Å². The first-order valence-corrected chi connectivity index (χ1v) is 3.51. The molecule has 0 saturated carbocycles. The minimum atomic E-state index is 0. The number of allylic oxidation sites excluding steroid dienone is 1. The third kappa shape index (κ3) is 2.76. The van der Waals surface area contributed by atoms with E-state index in [2.05, 4.69) is 10.5 Å². The van der Waals surface area contributed by atoms with E-state index >= 15 is 0 Å². The molecular weight excluding hydrogens is 207 g/mol. The molecule has 1 N–H and O–H groups in total. The summed E-state index contributed by atoms with van der Waals surface area (Å²) in [6.07, 6.45) is 5.68. The van der Waals surface area contributed by atoms with Crippen LogP contribution in [0.5, 0.6) is 0 Å². The topological polar surface area (TPSA) is 24.4 Å². The first-order valence-electron chi connectivity index (χ1n) is 3.51. The third-order valence-electron chi connectivity index (χ3n) is 1.58. The Labute approximate surface area is 89.6 Å². The van der Waals surface area contributed by atoms with E-state index in [1.54, 1.807) is 6.21 Å². The van der Waals surface area contributed by atoms with Crippen LogP contribution in [0.1, 0.15) is 5.56 Å². The third-order valence-corrected chi connectivity index (χ3v) is 1.58. The number of fused-ring (bicyclic) bond motifs is 1. The predicted molar refractivity (Wildman–Crippen MR) is 62.1 cm³/mol. The number of nitrogens with one attached hydrogen (secondary N) is 1. The molecule has 0 atom stereocenters. The molecule has 0 bridgehead atoms. The van der Waals surface area contributed by atoms with Crippen LogP contribution in [0.4, 0.5) is 5.69 Å². The van der Waals surface area contributed by atoms with Crippen LogP contribution < -0.4 is 5.43 Å². The van der Waals surface area contributed by atoms with Gasteiger partial charge in [-0.05, 0) is 17.7 Å². The SMILES string of the molecule is C1=Cc2ccccc2NN=C1.Cl.Cl. The van der Waals surface area contributed by atoms with Gasteiger partial charge in [-0.3, -0.25) is 5.43 Å². The minimum absolute atomic E-state index is 0. The van der Waals surface area contributed by atoms with Crippen molar-refractivity contribution in [1.82, 2.24) is 0 Å². The molecule has 0 unspecified atom stereocenters. The molecule has 2 nitrogen and oxygen atoms in total. The molecule has 0 saturated heterocycles. The first kappa shape index (κ1) is 12.0. The van der Waals surface area contributed by atoms with Crippen LogP contribution in [0, 0.1) is 0 Å². The number of hydrazone groups is 1.